The highest BCUT2D eigenvalue weighted by molar-refractivity contribution is 6.08. The highest BCUT2D eigenvalue weighted by Crippen LogP contribution is 2.36. The SMILES string of the molecule is CCC[C@@]1([C@H](C)/C=C/c2ccco2)N=C(c2ccccc2)OC1=O. The molecule has 124 valence electrons. The Kier molecular flexibility index (Phi) is 4.65. The number of carbonyl (C=O) groups is 1. The molecular weight excluding hydrogens is 302 g/mol. The van der Waals surface area contributed by atoms with Gasteiger partial charge in [0.2, 0.25) is 5.90 Å². The zero-order valence-electron chi connectivity index (χ0n) is 13.9. The average Bonchev–Trinajstić information content (AvgIpc) is 3.23. The Hall–Kier alpha value is -2.62. The number of carbonyl (C=O) groups excluding carboxylic acids is 1. The second-order valence-corrected chi connectivity index (χ2v) is 6.01. The van der Waals surface area contributed by atoms with Crippen molar-refractivity contribution in [3.8, 4) is 0 Å². The summed E-state index contributed by atoms with van der Waals surface area (Å²) >= 11 is 0. The maximum absolute atomic E-state index is 12.7. The highest BCUT2D eigenvalue weighted by Gasteiger charge is 2.48. The number of rotatable bonds is 6. The molecular formula is C20H21NO3. The molecule has 4 nitrogen and oxygen atoms in total. The first-order chi connectivity index (χ1) is 11.7. The van der Waals surface area contributed by atoms with Gasteiger partial charge in [0.25, 0.3) is 0 Å². The summed E-state index contributed by atoms with van der Waals surface area (Å²) < 4.78 is 10.8. The third kappa shape index (κ3) is 3.04. The minimum atomic E-state index is -0.872. The minimum Gasteiger partial charge on any atom is -0.465 e. The van der Waals surface area contributed by atoms with Crippen LogP contribution in [0.5, 0.6) is 0 Å². The largest absolute Gasteiger partial charge is 0.465 e. The molecule has 0 unspecified atom stereocenters. The van der Waals surface area contributed by atoms with Crippen molar-refractivity contribution in [3.05, 3.63) is 66.1 Å². The number of hydrogen-bond donors (Lipinski definition) is 0. The molecule has 2 heterocycles. The Labute approximate surface area is 141 Å². The summed E-state index contributed by atoms with van der Waals surface area (Å²) in [5.74, 6) is 0.787. The van der Waals surface area contributed by atoms with Crippen molar-refractivity contribution in [3.63, 3.8) is 0 Å². The van der Waals surface area contributed by atoms with E-state index in [9.17, 15) is 4.79 Å². The number of cyclic esters (lactones) is 1. The minimum absolute atomic E-state index is 0.101. The second kappa shape index (κ2) is 6.87. The molecule has 3 rings (SSSR count). The van der Waals surface area contributed by atoms with Gasteiger partial charge in [-0.15, -0.1) is 0 Å². The van der Waals surface area contributed by atoms with Gasteiger partial charge in [0.15, 0.2) is 5.54 Å². The van der Waals surface area contributed by atoms with Gasteiger partial charge in [-0.25, -0.2) is 9.79 Å². The fourth-order valence-corrected chi connectivity index (χ4v) is 2.97. The summed E-state index contributed by atoms with van der Waals surface area (Å²) in [4.78, 5) is 17.4. The van der Waals surface area contributed by atoms with Crippen LogP contribution in [0.1, 0.15) is 38.0 Å². The van der Waals surface area contributed by atoms with E-state index in [0.29, 0.717) is 12.3 Å². The van der Waals surface area contributed by atoms with Gasteiger partial charge >= 0.3 is 5.97 Å². The normalized spacial score (nSPS) is 21.8. The summed E-state index contributed by atoms with van der Waals surface area (Å²) in [5, 5.41) is 0. The van der Waals surface area contributed by atoms with Crippen LogP contribution >= 0.6 is 0 Å². The molecule has 0 radical (unpaired) electrons. The van der Waals surface area contributed by atoms with Gasteiger partial charge in [-0.3, -0.25) is 0 Å². The van der Waals surface area contributed by atoms with Crippen molar-refractivity contribution in [2.45, 2.75) is 32.2 Å². The molecule has 0 amide bonds. The molecule has 24 heavy (non-hydrogen) atoms. The van der Waals surface area contributed by atoms with Crippen molar-refractivity contribution < 1.29 is 13.9 Å². The Morgan fingerprint density at radius 1 is 1.21 bits per heavy atom. The maximum atomic E-state index is 12.7. The van der Waals surface area contributed by atoms with E-state index in [-0.39, 0.29) is 11.9 Å². The van der Waals surface area contributed by atoms with Crippen molar-refractivity contribution in [1.29, 1.82) is 0 Å². The van der Waals surface area contributed by atoms with Crippen LogP contribution < -0.4 is 0 Å². The van der Waals surface area contributed by atoms with Gasteiger partial charge in [-0.05, 0) is 36.8 Å². The molecule has 0 saturated carbocycles. The van der Waals surface area contributed by atoms with E-state index in [1.54, 1.807) is 6.26 Å². The number of furan rings is 1. The first kappa shape index (κ1) is 16.2. The van der Waals surface area contributed by atoms with E-state index in [4.69, 9.17) is 14.1 Å². The van der Waals surface area contributed by atoms with Gasteiger partial charge in [0, 0.05) is 11.5 Å². The summed E-state index contributed by atoms with van der Waals surface area (Å²) in [6.45, 7) is 4.04. The van der Waals surface area contributed by atoms with Crippen LogP contribution in [0.2, 0.25) is 0 Å². The molecule has 0 aliphatic carbocycles. The smallest absolute Gasteiger partial charge is 0.341 e. The van der Waals surface area contributed by atoms with E-state index in [1.165, 1.54) is 0 Å². The number of hydrogen-bond acceptors (Lipinski definition) is 4. The van der Waals surface area contributed by atoms with Crippen molar-refractivity contribution in [2.24, 2.45) is 10.9 Å². The number of benzene rings is 1. The number of esters is 1. The van der Waals surface area contributed by atoms with Gasteiger partial charge in [-0.1, -0.05) is 44.5 Å². The summed E-state index contributed by atoms with van der Waals surface area (Å²) in [5.41, 5.74) is -0.0470. The fraction of sp³-hybridized carbons (Fsp3) is 0.300. The lowest BCUT2D eigenvalue weighted by molar-refractivity contribution is -0.140. The Balaban J connectivity index is 1.92. The molecule has 1 aliphatic rings. The van der Waals surface area contributed by atoms with Crippen molar-refractivity contribution >= 4 is 17.9 Å². The average molecular weight is 323 g/mol. The van der Waals surface area contributed by atoms with Crippen LogP contribution in [-0.4, -0.2) is 17.4 Å². The Morgan fingerprint density at radius 3 is 2.67 bits per heavy atom. The van der Waals surface area contributed by atoms with Gasteiger partial charge in [0.1, 0.15) is 5.76 Å². The lowest BCUT2D eigenvalue weighted by atomic mass is 9.82. The van der Waals surface area contributed by atoms with Crippen LogP contribution in [0.3, 0.4) is 0 Å². The molecule has 0 bridgehead atoms. The zero-order valence-corrected chi connectivity index (χ0v) is 13.9. The lowest BCUT2D eigenvalue weighted by Crippen LogP contribution is -2.39. The summed E-state index contributed by atoms with van der Waals surface area (Å²) in [6.07, 6.45) is 6.96. The molecule has 2 atom stereocenters. The molecule has 0 spiro atoms. The zero-order chi connectivity index (χ0) is 17.0. The van der Waals surface area contributed by atoms with Crippen LogP contribution in [0.4, 0.5) is 0 Å². The maximum Gasteiger partial charge on any atom is 0.341 e. The van der Waals surface area contributed by atoms with E-state index in [1.807, 2.05) is 68.5 Å². The van der Waals surface area contributed by atoms with Gasteiger partial charge in [-0.2, -0.15) is 0 Å². The van der Waals surface area contributed by atoms with Crippen molar-refractivity contribution in [1.82, 2.24) is 0 Å². The fourth-order valence-electron chi connectivity index (χ4n) is 2.97. The number of aliphatic imine (C=N–C) groups is 1. The van der Waals surface area contributed by atoms with Gasteiger partial charge < -0.3 is 9.15 Å². The van der Waals surface area contributed by atoms with Crippen LogP contribution in [0.25, 0.3) is 6.08 Å². The van der Waals surface area contributed by atoms with E-state index in [2.05, 4.69) is 0 Å². The second-order valence-electron chi connectivity index (χ2n) is 6.01. The predicted molar refractivity (Wildman–Crippen MR) is 93.6 cm³/mol. The van der Waals surface area contributed by atoms with Crippen LogP contribution in [0.15, 0.2) is 64.2 Å². The monoisotopic (exact) mass is 323 g/mol. The predicted octanol–water partition coefficient (Wildman–Crippen LogP) is 4.47. The number of nitrogens with zero attached hydrogens (tertiary/aromatic N) is 1. The Bertz CT molecular complexity index is 746. The molecule has 1 aromatic heterocycles. The topological polar surface area (TPSA) is 51.8 Å². The van der Waals surface area contributed by atoms with E-state index in [0.717, 1.165) is 17.7 Å². The first-order valence-electron chi connectivity index (χ1n) is 8.25. The molecule has 2 aromatic rings. The molecule has 1 aliphatic heterocycles. The van der Waals surface area contributed by atoms with Crippen molar-refractivity contribution in [2.75, 3.05) is 0 Å². The summed E-state index contributed by atoms with van der Waals surface area (Å²) in [6, 6.07) is 13.3. The van der Waals surface area contributed by atoms with Crippen LogP contribution in [-0.2, 0) is 9.53 Å². The number of ether oxygens (including phenoxy) is 1. The quantitative estimate of drug-likeness (QED) is 0.737. The summed E-state index contributed by atoms with van der Waals surface area (Å²) in [7, 11) is 0. The van der Waals surface area contributed by atoms with Gasteiger partial charge in [0.05, 0.1) is 6.26 Å². The van der Waals surface area contributed by atoms with E-state index >= 15 is 0 Å². The molecule has 1 aromatic carbocycles. The highest BCUT2D eigenvalue weighted by atomic mass is 16.6. The first-order valence-corrected chi connectivity index (χ1v) is 8.25. The standard InChI is InChI=1S/C20H21NO3/c1-3-13-20(15(2)11-12-17-10-7-14-23-17)19(22)24-18(21-20)16-8-5-4-6-9-16/h4-12,14-15H,3,13H2,1-2H3/b12-11+/t15-,20+/m1/s1. The molecule has 0 saturated heterocycles. The third-order valence-electron chi connectivity index (χ3n) is 4.34. The Morgan fingerprint density at radius 2 is 2.00 bits per heavy atom. The van der Waals surface area contributed by atoms with Crippen LogP contribution in [0, 0.1) is 5.92 Å². The molecule has 4 heteroatoms. The lowest BCUT2D eigenvalue weighted by Gasteiger charge is -2.26. The third-order valence-corrected chi connectivity index (χ3v) is 4.34. The van der Waals surface area contributed by atoms with E-state index < -0.39 is 5.54 Å². The molecule has 0 N–H and O–H groups in total. The molecule has 0 fully saturated rings.